The summed E-state index contributed by atoms with van der Waals surface area (Å²) in [6, 6.07) is 0.474. The molecule has 1 aromatic rings. The highest BCUT2D eigenvalue weighted by Crippen LogP contribution is 2.36. The van der Waals surface area contributed by atoms with Gasteiger partial charge >= 0.3 is 12.1 Å². The van der Waals surface area contributed by atoms with Gasteiger partial charge in [0.2, 0.25) is 0 Å². The number of rotatable bonds is 3. The molecule has 9 heteroatoms. The normalized spacial score (nSPS) is 11.9. The number of halogens is 6. The summed E-state index contributed by atoms with van der Waals surface area (Å²) in [7, 11) is 0. The summed E-state index contributed by atoms with van der Waals surface area (Å²) in [5.41, 5.74) is -2.91. The van der Waals surface area contributed by atoms with E-state index in [0.29, 0.717) is 6.07 Å². The molecule has 18 heavy (non-hydrogen) atoms. The maximum absolute atomic E-state index is 12.6. The molecule has 100 valence electrons. The van der Waals surface area contributed by atoms with E-state index in [1.807, 2.05) is 0 Å². The Morgan fingerprint density at radius 2 is 2.00 bits per heavy atom. The lowest BCUT2D eigenvalue weighted by Crippen LogP contribution is -2.14. The van der Waals surface area contributed by atoms with Crippen LogP contribution < -0.4 is 0 Å². The highest BCUT2D eigenvalue weighted by Gasteiger charge is 2.36. The van der Waals surface area contributed by atoms with E-state index in [4.69, 9.17) is 5.11 Å². The molecular weight excluding hydrogens is 376 g/mol. The second kappa shape index (κ2) is 5.33. The Kier molecular flexibility index (Phi) is 4.46. The topological polar surface area (TPSA) is 50.2 Å². The van der Waals surface area contributed by atoms with Crippen LogP contribution in [0.3, 0.4) is 0 Å². The molecule has 3 nitrogen and oxygen atoms in total. The van der Waals surface area contributed by atoms with E-state index >= 15 is 0 Å². The van der Waals surface area contributed by atoms with Gasteiger partial charge in [-0.2, -0.15) is 13.2 Å². The average Bonchev–Trinajstić information content (AvgIpc) is 2.17. The summed E-state index contributed by atoms with van der Waals surface area (Å²) in [6.45, 7) is 0. The Hall–Kier alpha value is -1.00. The zero-order valence-corrected chi connectivity index (χ0v) is 10.6. The van der Waals surface area contributed by atoms with Gasteiger partial charge in [0, 0.05) is 0 Å². The van der Waals surface area contributed by atoms with Crippen molar-refractivity contribution >= 4 is 28.6 Å². The van der Waals surface area contributed by atoms with Gasteiger partial charge in [-0.25, -0.2) is 8.78 Å². The summed E-state index contributed by atoms with van der Waals surface area (Å²) in [4.78, 5) is 13.6. The number of aromatic nitrogens is 1. The van der Waals surface area contributed by atoms with Gasteiger partial charge in [0.1, 0.15) is 5.69 Å². The Labute approximate surface area is 111 Å². The molecule has 1 rings (SSSR count). The van der Waals surface area contributed by atoms with Crippen molar-refractivity contribution in [2.75, 3.05) is 0 Å². The molecule has 0 bridgehead atoms. The van der Waals surface area contributed by atoms with E-state index in [-0.39, 0.29) is 0 Å². The fourth-order valence-electron chi connectivity index (χ4n) is 1.20. The zero-order chi connectivity index (χ0) is 14.1. The molecule has 0 aliphatic carbocycles. The molecule has 1 heterocycles. The van der Waals surface area contributed by atoms with Crippen molar-refractivity contribution in [2.24, 2.45) is 0 Å². The molecule has 1 aromatic heterocycles. The number of carbonyl (C=O) groups is 1. The number of pyridine rings is 1. The van der Waals surface area contributed by atoms with Gasteiger partial charge in [-0.15, -0.1) is 0 Å². The van der Waals surface area contributed by atoms with Crippen LogP contribution in [-0.4, -0.2) is 16.1 Å². The van der Waals surface area contributed by atoms with Crippen molar-refractivity contribution in [1.29, 1.82) is 0 Å². The average molecular weight is 381 g/mol. The minimum atomic E-state index is -4.84. The van der Waals surface area contributed by atoms with E-state index in [1.165, 1.54) is 0 Å². The molecule has 0 saturated carbocycles. The Balaban J connectivity index is 3.42. The second-order valence-electron chi connectivity index (χ2n) is 3.23. The highest BCUT2D eigenvalue weighted by molar-refractivity contribution is 14.1. The van der Waals surface area contributed by atoms with Crippen molar-refractivity contribution in [3.8, 4) is 0 Å². The molecule has 0 aromatic carbocycles. The van der Waals surface area contributed by atoms with E-state index in [1.54, 1.807) is 0 Å². The van der Waals surface area contributed by atoms with Crippen LogP contribution in [0.1, 0.15) is 23.4 Å². The first-order valence-corrected chi connectivity index (χ1v) is 5.47. The van der Waals surface area contributed by atoms with E-state index < -0.39 is 45.5 Å². The van der Waals surface area contributed by atoms with Crippen molar-refractivity contribution in [3.63, 3.8) is 0 Å². The van der Waals surface area contributed by atoms with Crippen LogP contribution in [0.2, 0.25) is 0 Å². The van der Waals surface area contributed by atoms with Crippen LogP contribution in [0.15, 0.2) is 6.07 Å². The summed E-state index contributed by atoms with van der Waals surface area (Å²) >= 11 is 1.12. The Bertz CT molecular complexity index is 475. The van der Waals surface area contributed by atoms with Crippen molar-refractivity contribution in [3.05, 3.63) is 26.6 Å². The maximum atomic E-state index is 12.6. The van der Waals surface area contributed by atoms with Gasteiger partial charge in [-0.05, 0) is 28.7 Å². The van der Waals surface area contributed by atoms with Crippen molar-refractivity contribution in [1.82, 2.24) is 4.98 Å². The number of carboxylic acid groups (broad SMARTS) is 1. The zero-order valence-electron chi connectivity index (χ0n) is 8.43. The molecule has 0 spiro atoms. The lowest BCUT2D eigenvalue weighted by molar-refractivity contribution is -0.139. The first kappa shape index (κ1) is 15.1. The van der Waals surface area contributed by atoms with Gasteiger partial charge in [0.15, 0.2) is 0 Å². The number of carboxylic acids is 1. The Morgan fingerprint density at radius 3 is 2.39 bits per heavy atom. The molecule has 1 N–H and O–H groups in total. The third kappa shape index (κ3) is 3.50. The number of nitrogens with zero attached hydrogens (tertiary/aromatic N) is 1. The summed E-state index contributed by atoms with van der Waals surface area (Å²) in [5, 5.41) is 8.45. The standard InChI is InChI=1S/C9H5F5INO2/c10-8(11)7-6(15)4(9(12,13)14)1-3(16-7)2-5(17)18/h1,8H,2H2,(H,17,18). The van der Waals surface area contributed by atoms with Crippen LogP contribution in [0.5, 0.6) is 0 Å². The minimum Gasteiger partial charge on any atom is -0.481 e. The lowest BCUT2D eigenvalue weighted by atomic mass is 10.1. The van der Waals surface area contributed by atoms with Gasteiger partial charge in [0.25, 0.3) is 6.43 Å². The van der Waals surface area contributed by atoms with E-state index in [2.05, 4.69) is 4.98 Å². The largest absolute Gasteiger partial charge is 0.481 e. The fourth-order valence-corrected chi connectivity index (χ4v) is 2.02. The van der Waals surface area contributed by atoms with Crippen LogP contribution in [0, 0.1) is 3.57 Å². The first-order valence-electron chi connectivity index (χ1n) is 4.39. The van der Waals surface area contributed by atoms with Crippen LogP contribution in [0.4, 0.5) is 22.0 Å². The molecule has 0 saturated heterocycles. The minimum absolute atomic E-state index is 0.474. The SMILES string of the molecule is O=C(O)Cc1cc(C(F)(F)F)c(I)c(C(F)F)n1. The highest BCUT2D eigenvalue weighted by atomic mass is 127. The van der Waals surface area contributed by atoms with E-state index in [0.717, 1.165) is 22.6 Å². The third-order valence-electron chi connectivity index (χ3n) is 1.88. The number of aliphatic carboxylic acids is 1. The summed E-state index contributed by atoms with van der Waals surface area (Å²) in [6.07, 6.45) is -8.89. The quantitative estimate of drug-likeness (QED) is 0.646. The number of hydrogen-bond donors (Lipinski definition) is 1. The van der Waals surface area contributed by atoms with Gasteiger partial charge in [-0.3, -0.25) is 9.78 Å². The summed E-state index contributed by atoms with van der Waals surface area (Å²) < 4.78 is 62.1. The van der Waals surface area contributed by atoms with Crippen LogP contribution in [-0.2, 0) is 17.4 Å². The van der Waals surface area contributed by atoms with Gasteiger partial charge in [0.05, 0.1) is 21.2 Å². The molecule has 0 unspecified atom stereocenters. The summed E-state index contributed by atoms with van der Waals surface area (Å²) in [5.74, 6) is -1.45. The van der Waals surface area contributed by atoms with Gasteiger partial charge in [-0.1, -0.05) is 0 Å². The fraction of sp³-hybridized carbons (Fsp3) is 0.333. The molecular formula is C9H5F5INO2. The molecule has 0 aliphatic rings. The van der Waals surface area contributed by atoms with Gasteiger partial charge < -0.3 is 5.11 Å². The van der Waals surface area contributed by atoms with Crippen LogP contribution >= 0.6 is 22.6 Å². The van der Waals surface area contributed by atoms with Crippen LogP contribution in [0.25, 0.3) is 0 Å². The lowest BCUT2D eigenvalue weighted by Gasteiger charge is -2.13. The molecule has 0 fully saturated rings. The molecule has 0 radical (unpaired) electrons. The number of alkyl halides is 5. The molecule has 0 aliphatic heterocycles. The first-order chi connectivity index (χ1) is 8.12. The molecule has 0 amide bonds. The molecule has 0 atom stereocenters. The monoisotopic (exact) mass is 381 g/mol. The smallest absolute Gasteiger partial charge is 0.417 e. The maximum Gasteiger partial charge on any atom is 0.417 e. The predicted molar refractivity (Wildman–Crippen MR) is 58.3 cm³/mol. The van der Waals surface area contributed by atoms with Crippen molar-refractivity contribution < 1.29 is 31.9 Å². The number of hydrogen-bond acceptors (Lipinski definition) is 2. The Morgan fingerprint density at radius 1 is 1.44 bits per heavy atom. The van der Waals surface area contributed by atoms with Crippen molar-refractivity contribution in [2.45, 2.75) is 19.0 Å². The third-order valence-corrected chi connectivity index (χ3v) is 3.01. The van der Waals surface area contributed by atoms with E-state index in [9.17, 15) is 26.7 Å². The predicted octanol–water partition coefficient (Wildman–Crippen LogP) is 3.27. The second-order valence-corrected chi connectivity index (χ2v) is 4.31.